The maximum Gasteiger partial charge on any atom is 0.322 e. The van der Waals surface area contributed by atoms with Gasteiger partial charge in [0.2, 0.25) is 17.7 Å². The summed E-state index contributed by atoms with van der Waals surface area (Å²) in [5.74, 6) is -2.10. The van der Waals surface area contributed by atoms with E-state index in [-0.39, 0.29) is 11.8 Å². The van der Waals surface area contributed by atoms with Gasteiger partial charge in [-0.3, -0.25) is 19.2 Å². The van der Waals surface area contributed by atoms with Crippen LogP contribution in [0.15, 0.2) is 0 Å². The Balaban J connectivity index is 1.99. The molecule has 3 unspecified atom stereocenters. The third-order valence-corrected chi connectivity index (χ3v) is 5.36. The lowest BCUT2D eigenvalue weighted by Gasteiger charge is -2.32. The van der Waals surface area contributed by atoms with Gasteiger partial charge >= 0.3 is 5.97 Å². The Hall–Kier alpha value is -2.20. The second kappa shape index (κ2) is 10.4. The number of rotatable bonds is 9. The molecule has 3 amide bonds. The second-order valence-corrected chi connectivity index (χ2v) is 7.38. The van der Waals surface area contributed by atoms with Crippen molar-refractivity contribution in [3.8, 4) is 0 Å². The van der Waals surface area contributed by atoms with Crippen LogP contribution in [0.2, 0.25) is 0 Å². The molecular formula is C18H31N5O5. The average molecular weight is 397 g/mol. The topological polar surface area (TPSA) is 159 Å². The van der Waals surface area contributed by atoms with Gasteiger partial charge in [0, 0.05) is 13.1 Å². The van der Waals surface area contributed by atoms with Crippen LogP contribution in [-0.4, -0.2) is 82.9 Å². The highest BCUT2D eigenvalue weighted by Gasteiger charge is 2.42. The number of nitrogens with one attached hydrogen (secondary N) is 1. The Morgan fingerprint density at radius 3 is 2.32 bits per heavy atom. The number of carbonyl (C=O) groups excluding carboxylic acids is 3. The van der Waals surface area contributed by atoms with Crippen molar-refractivity contribution in [3.63, 3.8) is 0 Å². The van der Waals surface area contributed by atoms with Crippen molar-refractivity contribution in [2.24, 2.45) is 11.5 Å². The summed E-state index contributed by atoms with van der Waals surface area (Å²) in [5, 5.41) is 11.1. The minimum atomic E-state index is -1.14. The molecule has 2 heterocycles. The Morgan fingerprint density at radius 1 is 1.04 bits per heavy atom. The molecule has 0 aromatic heterocycles. The minimum Gasteiger partial charge on any atom is -0.480 e. The number of nitrogens with two attached hydrogens (primary N) is 2. The van der Waals surface area contributed by atoms with Crippen molar-refractivity contribution in [1.29, 1.82) is 0 Å². The van der Waals surface area contributed by atoms with Gasteiger partial charge < -0.3 is 31.7 Å². The lowest BCUT2D eigenvalue weighted by atomic mass is 10.1. The van der Waals surface area contributed by atoms with E-state index in [2.05, 4.69) is 5.32 Å². The van der Waals surface area contributed by atoms with E-state index in [1.54, 1.807) is 4.90 Å². The van der Waals surface area contributed by atoms with E-state index in [0.29, 0.717) is 51.7 Å². The molecule has 0 aliphatic carbocycles. The molecule has 0 aromatic carbocycles. The van der Waals surface area contributed by atoms with Crippen LogP contribution in [-0.2, 0) is 19.2 Å². The molecule has 28 heavy (non-hydrogen) atoms. The molecule has 2 fully saturated rings. The van der Waals surface area contributed by atoms with E-state index in [0.717, 1.165) is 12.8 Å². The number of amides is 3. The monoisotopic (exact) mass is 397 g/mol. The fourth-order valence-electron chi connectivity index (χ4n) is 3.91. The van der Waals surface area contributed by atoms with Gasteiger partial charge in [-0.25, -0.2) is 0 Å². The largest absolute Gasteiger partial charge is 0.480 e. The molecule has 0 saturated carbocycles. The predicted octanol–water partition coefficient (Wildman–Crippen LogP) is -1.37. The van der Waals surface area contributed by atoms with Gasteiger partial charge in [0.05, 0.1) is 6.04 Å². The number of carboxylic acid groups (broad SMARTS) is 1. The third-order valence-electron chi connectivity index (χ3n) is 5.36. The molecular weight excluding hydrogens is 366 g/mol. The van der Waals surface area contributed by atoms with E-state index in [1.807, 2.05) is 0 Å². The number of likely N-dealkylation sites (tertiary alicyclic amines) is 2. The summed E-state index contributed by atoms with van der Waals surface area (Å²) in [7, 11) is 0. The van der Waals surface area contributed by atoms with Crippen LogP contribution < -0.4 is 16.8 Å². The molecule has 10 heteroatoms. The van der Waals surface area contributed by atoms with Gasteiger partial charge in [-0.05, 0) is 45.1 Å². The highest BCUT2D eigenvalue weighted by atomic mass is 16.4. The van der Waals surface area contributed by atoms with Crippen molar-refractivity contribution in [3.05, 3.63) is 0 Å². The Labute approximate surface area is 164 Å². The first-order valence-corrected chi connectivity index (χ1v) is 9.93. The second-order valence-electron chi connectivity index (χ2n) is 7.38. The van der Waals surface area contributed by atoms with E-state index in [4.69, 9.17) is 16.6 Å². The molecule has 6 N–H and O–H groups in total. The van der Waals surface area contributed by atoms with E-state index >= 15 is 0 Å². The van der Waals surface area contributed by atoms with E-state index in [1.165, 1.54) is 4.90 Å². The molecule has 0 radical (unpaired) electrons. The molecule has 0 bridgehead atoms. The molecule has 2 aliphatic rings. The van der Waals surface area contributed by atoms with Crippen molar-refractivity contribution < 1.29 is 24.3 Å². The standard InChI is InChI=1S/C18H31N5O5/c19-8-2-1-5-12(20)17(27)23-10-4-7-14(23)18(28)22-9-3-6-13(22)16(26)21-11-15(24)25/h12-14H,1-11,19-20H2,(H,21,26)(H,24,25). The zero-order valence-electron chi connectivity index (χ0n) is 16.1. The van der Waals surface area contributed by atoms with Gasteiger partial charge in [0.15, 0.2) is 0 Å². The molecule has 0 aromatic rings. The first-order chi connectivity index (χ1) is 13.4. The van der Waals surface area contributed by atoms with E-state index in [9.17, 15) is 19.2 Å². The van der Waals surface area contributed by atoms with Gasteiger partial charge in [-0.2, -0.15) is 0 Å². The molecule has 158 valence electrons. The fourth-order valence-corrected chi connectivity index (χ4v) is 3.91. The van der Waals surface area contributed by atoms with Crippen LogP contribution in [0.5, 0.6) is 0 Å². The van der Waals surface area contributed by atoms with Crippen LogP contribution in [0, 0.1) is 0 Å². The first-order valence-electron chi connectivity index (χ1n) is 9.93. The maximum atomic E-state index is 13.1. The smallest absolute Gasteiger partial charge is 0.322 e. The summed E-state index contributed by atoms with van der Waals surface area (Å²) >= 11 is 0. The Morgan fingerprint density at radius 2 is 1.68 bits per heavy atom. The molecule has 3 atom stereocenters. The number of nitrogens with zero attached hydrogens (tertiary/aromatic N) is 2. The number of carbonyl (C=O) groups is 4. The zero-order chi connectivity index (χ0) is 20.7. The predicted molar refractivity (Wildman–Crippen MR) is 101 cm³/mol. The number of aliphatic carboxylic acids is 1. The van der Waals surface area contributed by atoms with Crippen molar-refractivity contribution in [1.82, 2.24) is 15.1 Å². The SMILES string of the molecule is NCCCCC(N)C(=O)N1CCCC1C(=O)N1CCCC1C(=O)NCC(=O)O. The third kappa shape index (κ3) is 5.41. The highest BCUT2D eigenvalue weighted by molar-refractivity contribution is 5.94. The first kappa shape index (κ1) is 22.1. The van der Waals surface area contributed by atoms with Crippen LogP contribution in [0.25, 0.3) is 0 Å². The summed E-state index contributed by atoms with van der Waals surface area (Å²) in [5.41, 5.74) is 11.5. The average Bonchev–Trinajstić information content (AvgIpc) is 3.34. The van der Waals surface area contributed by atoms with Gasteiger partial charge in [-0.1, -0.05) is 6.42 Å². The van der Waals surface area contributed by atoms with Crippen LogP contribution in [0.4, 0.5) is 0 Å². The van der Waals surface area contributed by atoms with Gasteiger partial charge in [-0.15, -0.1) is 0 Å². The maximum absolute atomic E-state index is 13.1. The number of unbranched alkanes of at least 4 members (excludes halogenated alkanes) is 1. The molecule has 10 nitrogen and oxygen atoms in total. The Kier molecular flexibility index (Phi) is 8.18. The number of hydrogen-bond donors (Lipinski definition) is 4. The summed E-state index contributed by atoms with van der Waals surface area (Å²) in [6.07, 6.45) is 4.48. The summed E-state index contributed by atoms with van der Waals surface area (Å²) in [4.78, 5) is 51.7. The number of carboxylic acids is 1. The van der Waals surface area contributed by atoms with Gasteiger partial charge in [0.1, 0.15) is 18.6 Å². The summed E-state index contributed by atoms with van der Waals surface area (Å²) < 4.78 is 0. The van der Waals surface area contributed by atoms with Crippen LogP contribution in [0.3, 0.4) is 0 Å². The molecule has 2 saturated heterocycles. The molecule has 0 spiro atoms. The van der Waals surface area contributed by atoms with Crippen molar-refractivity contribution in [2.45, 2.75) is 63.1 Å². The van der Waals surface area contributed by atoms with Crippen molar-refractivity contribution >= 4 is 23.7 Å². The molecule has 2 aliphatic heterocycles. The number of hydrogen-bond acceptors (Lipinski definition) is 6. The summed E-state index contributed by atoms with van der Waals surface area (Å²) in [6.45, 7) is 0.962. The van der Waals surface area contributed by atoms with Crippen LogP contribution in [0.1, 0.15) is 44.9 Å². The Bertz CT molecular complexity index is 599. The lowest BCUT2D eigenvalue weighted by Crippen LogP contribution is -2.55. The zero-order valence-corrected chi connectivity index (χ0v) is 16.1. The van der Waals surface area contributed by atoms with Gasteiger partial charge in [0.25, 0.3) is 0 Å². The molecule has 2 rings (SSSR count). The quantitative estimate of drug-likeness (QED) is 0.349. The normalized spacial score (nSPS) is 22.9. The fraction of sp³-hybridized carbons (Fsp3) is 0.778. The lowest BCUT2D eigenvalue weighted by molar-refractivity contribution is -0.147. The van der Waals surface area contributed by atoms with E-state index < -0.39 is 36.5 Å². The summed E-state index contributed by atoms with van der Waals surface area (Å²) in [6, 6.07) is -1.96. The minimum absolute atomic E-state index is 0.237. The highest BCUT2D eigenvalue weighted by Crippen LogP contribution is 2.25. The van der Waals surface area contributed by atoms with Crippen molar-refractivity contribution in [2.75, 3.05) is 26.2 Å². The van der Waals surface area contributed by atoms with Crippen LogP contribution >= 0.6 is 0 Å².